The average molecular weight is 372 g/mol. The Morgan fingerprint density at radius 2 is 1.74 bits per heavy atom. The summed E-state index contributed by atoms with van der Waals surface area (Å²) in [5, 5.41) is 2.52. The van der Waals surface area contributed by atoms with Crippen molar-refractivity contribution >= 4 is 17.8 Å². The Balaban J connectivity index is 1.88. The fourth-order valence-corrected chi connectivity index (χ4v) is 2.10. The van der Waals surface area contributed by atoms with Crippen molar-refractivity contribution < 1.29 is 18.7 Å². The molecule has 2 aromatic rings. The highest BCUT2D eigenvalue weighted by Gasteiger charge is 2.12. The fourth-order valence-electron chi connectivity index (χ4n) is 2.10. The van der Waals surface area contributed by atoms with Gasteiger partial charge in [0.15, 0.2) is 0 Å². The van der Waals surface area contributed by atoms with Crippen LogP contribution in [0.4, 0.5) is 9.18 Å². The van der Waals surface area contributed by atoms with Crippen LogP contribution in [0.15, 0.2) is 59.6 Å². The van der Waals surface area contributed by atoms with E-state index in [1.54, 1.807) is 24.3 Å². The number of ether oxygens (including phenoxy) is 1. The SMILES string of the molecule is NC(=NC(=O)OCc1ccccc1)c1ccc(CNC(=O)C(N)CF)cc1. The monoisotopic (exact) mass is 372 g/mol. The molecule has 0 saturated carbocycles. The molecule has 0 aliphatic heterocycles. The first kappa shape index (κ1) is 20.1. The normalized spacial score (nSPS) is 12.3. The molecular weight excluding hydrogens is 351 g/mol. The summed E-state index contributed by atoms with van der Waals surface area (Å²) in [6.07, 6.45) is -0.784. The molecular formula is C19H21FN4O3. The minimum absolute atomic E-state index is 0.0168. The van der Waals surface area contributed by atoms with Gasteiger partial charge in [-0.2, -0.15) is 4.99 Å². The standard InChI is InChI=1S/C19H21FN4O3/c20-10-16(21)18(25)23-11-13-6-8-15(9-7-13)17(22)24-19(26)27-12-14-4-2-1-3-5-14/h1-9,16H,10-12,21H2,(H,23,25)(H2,22,24,26). The van der Waals surface area contributed by atoms with Crippen LogP contribution in [0, 0.1) is 0 Å². The van der Waals surface area contributed by atoms with Crippen LogP contribution in [0.2, 0.25) is 0 Å². The smallest absolute Gasteiger partial charge is 0.435 e. The maximum Gasteiger partial charge on any atom is 0.435 e. The first-order chi connectivity index (χ1) is 13.0. The Kier molecular flexibility index (Phi) is 7.45. The van der Waals surface area contributed by atoms with Gasteiger partial charge in [0.2, 0.25) is 5.91 Å². The minimum Gasteiger partial charge on any atom is -0.443 e. The number of carbonyl (C=O) groups excluding carboxylic acids is 2. The highest BCUT2D eigenvalue weighted by molar-refractivity contribution is 6.02. The summed E-state index contributed by atoms with van der Waals surface area (Å²) in [6.45, 7) is -0.614. The van der Waals surface area contributed by atoms with Crippen molar-refractivity contribution in [2.75, 3.05) is 6.67 Å². The number of nitrogens with two attached hydrogens (primary N) is 2. The zero-order valence-corrected chi connectivity index (χ0v) is 14.6. The van der Waals surface area contributed by atoms with Gasteiger partial charge in [0.1, 0.15) is 25.2 Å². The van der Waals surface area contributed by atoms with E-state index in [1.165, 1.54) is 0 Å². The number of rotatable bonds is 7. The number of nitrogens with one attached hydrogen (secondary N) is 1. The highest BCUT2D eigenvalue weighted by atomic mass is 19.1. The van der Waals surface area contributed by atoms with Gasteiger partial charge in [-0.05, 0) is 11.1 Å². The molecule has 27 heavy (non-hydrogen) atoms. The highest BCUT2D eigenvalue weighted by Crippen LogP contribution is 2.06. The Hall–Kier alpha value is -3.26. The first-order valence-corrected chi connectivity index (χ1v) is 8.23. The summed E-state index contributed by atoms with van der Waals surface area (Å²) >= 11 is 0. The molecule has 0 spiro atoms. The van der Waals surface area contributed by atoms with Crippen LogP contribution in [0.5, 0.6) is 0 Å². The molecule has 1 unspecified atom stereocenters. The van der Waals surface area contributed by atoms with E-state index in [-0.39, 0.29) is 19.0 Å². The van der Waals surface area contributed by atoms with Crippen LogP contribution in [-0.4, -0.2) is 30.6 Å². The molecule has 2 rings (SSSR count). The number of aliphatic imine (C=N–C) groups is 1. The second-order valence-corrected chi connectivity index (χ2v) is 5.71. The molecule has 0 bridgehead atoms. The van der Waals surface area contributed by atoms with Gasteiger partial charge in [0.05, 0.1) is 0 Å². The zero-order valence-electron chi connectivity index (χ0n) is 14.6. The lowest BCUT2D eigenvalue weighted by atomic mass is 10.1. The second kappa shape index (κ2) is 10.0. The molecule has 142 valence electrons. The number of nitrogens with zero attached hydrogens (tertiary/aromatic N) is 1. The number of benzene rings is 2. The summed E-state index contributed by atoms with van der Waals surface area (Å²) in [5.41, 5.74) is 13.2. The van der Waals surface area contributed by atoms with E-state index in [0.29, 0.717) is 5.56 Å². The quantitative estimate of drug-likeness (QED) is 0.504. The van der Waals surface area contributed by atoms with E-state index in [2.05, 4.69) is 10.3 Å². The number of carbonyl (C=O) groups is 2. The number of alkyl halides is 1. The minimum atomic E-state index is -1.17. The molecule has 8 heteroatoms. The molecule has 1 atom stereocenters. The molecule has 0 saturated heterocycles. The molecule has 0 fully saturated rings. The largest absolute Gasteiger partial charge is 0.443 e. The molecule has 2 amide bonds. The Labute approximate surface area is 156 Å². The van der Waals surface area contributed by atoms with E-state index < -0.39 is 24.7 Å². The van der Waals surface area contributed by atoms with E-state index in [0.717, 1.165) is 11.1 Å². The van der Waals surface area contributed by atoms with Crippen LogP contribution in [0.1, 0.15) is 16.7 Å². The molecule has 0 aliphatic rings. The summed E-state index contributed by atoms with van der Waals surface area (Å²) in [4.78, 5) is 26.9. The van der Waals surface area contributed by atoms with Crippen molar-refractivity contribution in [2.24, 2.45) is 16.5 Å². The second-order valence-electron chi connectivity index (χ2n) is 5.71. The molecule has 0 aromatic heterocycles. The van der Waals surface area contributed by atoms with Crippen molar-refractivity contribution in [2.45, 2.75) is 19.2 Å². The van der Waals surface area contributed by atoms with E-state index in [9.17, 15) is 14.0 Å². The van der Waals surface area contributed by atoms with Crippen molar-refractivity contribution in [1.82, 2.24) is 5.32 Å². The number of hydrogen-bond donors (Lipinski definition) is 3. The van der Waals surface area contributed by atoms with Gasteiger partial charge in [-0.15, -0.1) is 0 Å². The molecule has 0 heterocycles. The van der Waals surface area contributed by atoms with Crippen molar-refractivity contribution in [3.8, 4) is 0 Å². The van der Waals surface area contributed by atoms with Crippen LogP contribution in [0.25, 0.3) is 0 Å². The van der Waals surface area contributed by atoms with Crippen molar-refractivity contribution in [1.29, 1.82) is 0 Å². The van der Waals surface area contributed by atoms with E-state index in [4.69, 9.17) is 16.2 Å². The zero-order chi connectivity index (χ0) is 19.6. The summed E-state index contributed by atoms with van der Waals surface area (Å²) < 4.78 is 17.4. The van der Waals surface area contributed by atoms with Gasteiger partial charge in [-0.25, -0.2) is 9.18 Å². The third-order valence-electron chi connectivity index (χ3n) is 3.64. The van der Waals surface area contributed by atoms with Gasteiger partial charge in [-0.3, -0.25) is 4.79 Å². The predicted octanol–water partition coefficient (Wildman–Crippen LogP) is 1.64. The lowest BCUT2D eigenvalue weighted by Gasteiger charge is -2.09. The van der Waals surface area contributed by atoms with Gasteiger partial charge >= 0.3 is 6.09 Å². The number of amides is 2. The number of hydrogen-bond acceptors (Lipinski definition) is 4. The van der Waals surface area contributed by atoms with Crippen LogP contribution < -0.4 is 16.8 Å². The van der Waals surface area contributed by atoms with E-state index >= 15 is 0 Å². The summed E-state index contributed by atoms with van der Waals surface area (Å²) in [6, 6.07) is 14.8. The van der Waals surface area contributed by atoms with Gasteiger partial charge < -0.3 is 21.5 Å². The topological polar surface area (TPSA) is 120 Å². The maximum atomic E-state index is 12.3. The molecule has 0 radical (unpaired) electrons. The summed E-state index contributed by atoms with van der Waals surface area (Å²) in [7, 11) is 0. The predicted molar refractivity (Wildman–Crippen MR) is 99.6 cm³/mol. The molecule has 2 aromatic carbocycles. The van der Waals surface area contributed by atoms with Gasteiger partial charge in [0, 0.05) is 12.1 Å². The molecule has 5 N–H and O–H groups in total. The van der Waals surface area contributed by atoms with Crippen LogP contribution in [-0.2, 0) is 22.7 Å². The van der Waals surface area contributed by atoms with E-state index in [1.807, 2.05) is 30.3 Å². The fraction of sp³-hybridized carbons (Fsp3) is 0.211. The van der Waals surface area contributed by atoms with Crippen molar-refractivity contribution in [3.05, 3.63) is 71.3 Å². The Morgan fingerprint density at radius 1 is 1.07 bits per heavy atom. The summed E-state index contributed by atoms with van der Waals surface area (Å²) in [5.74, 6) is -0.549. The van der Waals surface area contributed by atoms with Gasteiger partial charge in [-0.1, -0.05) is 54.6 Å². The van der Waals surface area contributed by atoms with Gasteiger partial charge in [0.25, 0.3) is 0 Å². The Bertz CT molecular complexity index is 794. The Morgan fingerprint density at radius 3 is 2.37 bits per heavy atom. The number of amidine groups is 1. The third-order valence-corrected chi connectivity index (χ3v) is 3.64. The lowest BCUT2D eigenvalue weighted by molar-refractivity contribution is -0.122. The molecule has 7 nitrogen and oxygen atoms in total. The average Bonchev–Trinajstić information content (AvgIpc) is 2.71. The van der Waals surface area contributed by atoms with Crippen LogP contribution >= 0.6 is 0 Å². The molecule has 0 aliphatic carbocycles. The van der Waals surface area contributed by atoms with Crippen LogP contribution in [0.3, 0.4) is 0 Å². The third kappa shape index (κ3) is 6.52. The number of halogens is 1. The maximum absolute atomic E-state index is 12.3. The van der Waals surface area contributed by atoms with Crippen molar-refractivity contribution in [3.63, 3.8) is 0 Å². The lowest BCUT2D eigenvalue weighted by Crippen LogP contribution is -2.41. The first-order valence-electron chi connectivity index (χ1n) is 8.23.